The second kappa shape index (κ2) is 4.32. The van der Waals surface area contributed by atoms with Crippen LogP contribution in [0.1, 0.15) is 22.8 Å². The normalized spacial score (nSPS) is 10.9. The molecule has 0 aliphatic rings. The van der Waals surface area contributed by atoms with E-state index in [0.29, 0.717) is 0 Å². The first-order valence-electron chi connectivity index (χ1n) is 4.56. The minimum Gasteiger partial charge on any atom is -0.480 e. The molecule has 0 amide bonds. The summed E-state index contributed by atoms with van der Waals surface area (Å²) in [6.45, 7) is 0.951. The number of aliphatic carboxylic acids is 2. The number of carbonyl (C=O) groups is 3. The highest BCUT2D eigenvalue weighted by Crippen LogP contribution is 2.26. The van der Waals surface area contributed by atoms with E-state index in [4.69, 9.17) is 10.2 Å². The zero-order chi connectivity index (χ0) is 13.2. The molecule has 0 aliphatic carbocycles. The summed E-state index contributed by atoms with van der Waals surface area (Å²) in [4.78, 5) is 32.3. The zero-order valence-corrected chi connectivity index (χ0v) is 8.81. The maximum absolute atomic E-state index is 13.3. The van der Waals surface area contributed by atoms with Crippen molar-refractivity contribution in [3.05, 3.63) is 35.1 Å². The summed E-state index contributed by atoms with van der Waals surface area (Å²) in [5, 5.41) is 17.8. The smallest absolute Gasteiger partial charge is 0.325 e. The van der Waals surface area contributed by atoms with Crippen LogP contribution in [0.25, 0.3) is 0 Å². The minimum atomic E-state index is -2.25. The Bertz CT molecular complexity index is 481. The first-order valence-corrected chi connectivity index (χ1v) is 4.56. The molecular formula is C11H9FO5. The van der Waals surface area contributed by atoms with Crippen LogP contribution >= 0.6 is 0 Å². The number of carboxylic acids is 2. The molecule has 0 spiro atoms. The molecule has 90 valence electrons. The lowest BCUT2D eigenvalue weighted by Gasteiger charge is -2.20. The summed E-state index contributed by atoms with van der Waals surface area (Å²) >= 11 is 0. The maximum Gasteiger partial charge on any atom is 0.325 e. The van der Waals surface area contributed by atoms with Crippen molar-refractivity contribution in [1.29, 1.82) is 0 Å². The van der Waals surface area contributed by atoms with Gasteiger partial charge >= 0.3 is 11.9 Å². The van der Waals surface area contributed by atoms with Crippen LogP contribution in [0.5, 0.6) is 0 Å². The molecule has 17 heavy (non-hydrogen) atoms. The third-order valence-corrected chi connectivity index (χ3v) is 2.56. The van der Waals surface area contributed by atoms with Gasteiger partial charge in [-0.25, -0.2) is 4.39 Å². The molecule has 0 aromatic heterocycles. The summed E-state index contributed by atoms with van der Waals surface area (Å²) in [5.74, 6) is -4.17. The molecule has 0 radical (unpaired) electrons. The molecule has 1 rings (SSSR count). The fraction of sp³-hybridized carbons (Fsp3) is 0.182. The van der Waals surface area contributed by atoms with E-state index in [1.807, 2.05) is 0 Å². The summed E-state index contributed by atoms with van der Waals surface area (Å²) in [6, 6.07) is 2.89. The number of aldehydes is 1. The standard InChI is InChI=1S/C11H9FO5/c1-11(9(14)15,10(16)17)7-3-2-6(5-13)8(12)4-7/h2-5H,1H3,(H,14,15)(H,16,17). The Balaban J connectivity index is 3.41. The van der Waals surface area contributed by atoms with Gasteiger partial charge in [0.15, 0.2) is 11.7 Å². The molecule has 5 nitrogen and oxygen atoms in total. The highest BCUT2D eigenvalue weighted by molar-refractivity contribution is 6.04. The number of hydrogen-bond donors (Lipinski definition) is 2. The molecule has 0 atom stereocenters. The Morgan fingerprint density at radius 1 is 1.29 bits per heavy atom. The van der Waals surface area contributed by atoms with E-state index >= 15 is 0 Å². The van der Waals surface area contributed by atoms with Crippen molar-refractivity contribution in [2.75, 3.05) is 0 Å². The molecular weight excluding hydrogens is 231 g/mol. The van der Waals surface area contributed by atoms with Crippen molar-refractivity contribution in [3.8, 4) is 0 Å². The average molecular weight is 240 g/mol. The number of halogens is 1. The van der Waals surface area contributed by atoms with Gasteiger partial charge < -0.3 is 10.2 Å². The van der Waals surface area contributed by atoms with Gasteiger partial charge in [-0.3, -0.25) is 14.4 Å². The molecule has 0 saturated carbocycles. The number of benzene rings is 1. The number of hydrogen-bond acceptors (Lipinski definition) is 3. The molecule has 0 saturated heterocycles. The fourth-order valence-electron chi connectivity index (χ4n) is 1.27. The number of rotatable bonds is 4. The van der Waals surface area contributed by atoms with Gasteiger partial charge in [-0.1, -0.05) is 6.07 Å². The first-order chi connectivity index (χ1) is 7.83. The van der Waals surface area contributed by atoms with E-state index in [2.05, 4.69) is 0 Å². The molecule has 0 bridgehead atoms. The SMILES string of the molecule is CC(C(=O)O)(C(=O)O)c1ccc(C=O)c(F)c1. The molecule has 1 aromatic rings. The van der Waals surface area contributed by atoms with Crippen LogP contribution in [0.2, 0.25) is 0 Å². The van der Waals surface area contributed by atoms with E-state index in [9.17, 15) is 18.8 Å². The second-order valence-electron chi connectivity index (χ2n) is 3.59. The predicted molar refractivity (Wildman–Crippen MR) is 54.4 cm³/mol. The van der Waals surface area contributed by atoms with Gasteiger partial charge in [-0.05, 0) is 24.6 Å². The van der Waals surface area contributed by atoms with Crippen LogP contribution in [0.15, 0.2) is 18.2 Å². The Morgan fingerprint density at radius 3 is 2.18 bits per heavy atom. The summed E-state index contributed by atoms with van der Waals surface area (Å²) < 4.78 is 13.3. The molecule has 0 unspecified atom stereocenters. The van der Waals surface area contributed by atoms with Crippen LogP contribution < -0.4 is 0 Å². The third-order valence-electron chi connectivity index (χ3n) is 2.56. The van der Waals surface area contributed by atoms with Gasteiger partial charge in [0.25, 0.3) is 0 Å². The molecule has 1 aromatic carbocycles. The van der Waals surface area contributed by atoms with Gasteiger partial charge in [-0.15, -0.1) is 0 Å². The summed E-state index contributed by atoms with van der Waals surface area (Å²) in [7, 11) is 0. The summed E-state index contributed by atoms with van der Waals surface area (Å²) in [5.41, 5.74) is -2.74. The van der Waals surface area contributed by atoms with E-state index in [1.165, 1.54) is 0 Å². The molecule has 2 N–H and O–H groups in total. The van der Waals surface area contributed by atoms with Crippen molar-refractivity contribution in [2.24, 2.45) is 0 Å². The van der Waals surface area contributed by atoms with E-state index < -0.39 is 23.2 Å². The topological polar surface area (TPSA) is 91.7 Å². The minimum absolute atomic E-state index is 0.236. The number of carboxylic acid groups (broad SMARTS) is 2. The number of carbonyl (C=O) groups excluding carboxylic acids is 1. The van der Waals surface area contributed by atoms with E-state index in [1.54, 1.807) is 0 Å². The third kappa shape index (κ3) is 2.01. The van der Waals surface area contributed by atoms with Gasteiger partial charge in [-0.2, -0.15) is 0 Å². The molecule has 0 fully saturated rings. The molecule has 0 aliphatic heterocycles. The predicted octanol–water partition coefficient (Wildman–Crippen LogP) is 1.07. The Labute approximate surface area is 95.5 Å². The van der Waals surface area contributed by atoms with Crippen molar-refractivity contribution in [1.82, 2.24) is 0 Å². The average Bonchev–Trinajstić information content (AvgIpc) is 2.27. The van der Waals surface area contributed by atoms with Crippen LogP contribution in [0.4, 0.5) is 4.39 Å². The second-order valence-corrected chi connectivity index (χ2v) is 3.59. The van der Waals surface area contributed by atoms with Crippen molar-refractivity contribution >= 4 is 18.2 Å². The zero-order valence-electron chi connectivity index (χ0n) is 8.81. The molecule has 6 heteroatoms. The van der Waals surface area contributed by atoms with Gasteiger partial charge in [0.1, 0.15) is 5.82 Å². The van der Waals surface area contributed by atoms with Crippen molar-refractivity contribution in [2.45, 2.75) is 12.3 Å². The highest BCUT2D eigenvalue weighted by atomic mass is 19.1. The highest BCUT2D eigenvalue weighted by Gasteiger charge is 2.43. The van der Waals surface area contributed by atoms with Crippen LogP contribution in [-0.2, 0) is 15.0 Å². The van der Waals surface area contributed by atoms with Crippen molar-refractivity contribution in [3.63, 3.8) is 0 Å². The largest absolute Gasteiger partial charge is 0.480 e. The lowest BCUT2D eigenvalue weighted by atomic mass is 9.82. The van der Waals surface area contributed by atoms with E-state index in [0.717, 1.165) is 25.1 Å². The first kappa shape index (κ1) is 12.8. The van der Waals surface area contributed by atoms with Gasteiger partial charge in [0, 0.05) is 0 Å². The van der Waals surface area contributed by atoms with Crippen LogP contribution in [0.3, 0.4) is 0 Å². The Hall–Kier alpha value is -2.24. The van der Waals surface area contributed by atoms with Gasteiger partial charge in [0.2, 0.25) is 0 Å². The lowest BCUT2D eigenvalue weighted by Crippen LogP contribution is -2.40. The van der Waals surface area contributed by atoms with Crippen LogP contribution in [-0.4, -0.2) is 28.4 Å². The Kier molecular flexibility index (Phi) is 3.26. The fourth-order valence-corrected chi connectivity index (χ4v) is 1.27. The Morgan fingerprint density at radius 2 is 1.82 bits per heavy atom. The summed E-state index contributed by atoms with van der Waals surface area (Å²) in [6.07, 6.45) is 0.262. The van der Waals surface area contributed by atoms with Crippen LogP contribution in [0, 0.1) is 5.82 Å². The quantitative estimate of drug-likeness (QED) is 0.606. The lowest BCUT2D eigenvalue weighted by molar-refractivity contribution is -0.156. The monoisotopic (exact) mass is 240 g/mol. The van der Waals surface area contributed by atoms with Crippen molar-refractivity contribution < 1.29 is 29.0 Å². The maximum atomic E-state index is 13.3. The van der Waals surface area contributed by atoms with E-state index in [-0.39, 0.29) is 17.4 Å². The molecule has 0 heterocycles. The van der Waals surface area contributed by atoms with Gasteiger partial charge in [0.05, 0.1) is 5.56 Å².